The highest BCUT2D eigenvalue weighted by Gasteiger charge is 2.22. The van der Waals surface area contributed by atoms with E-state index in [0.717, 1.165) is 50.1 Å². The van der Waals surface area contributed by atoms with Crippen LogP contribution >= 0.6 is 0 Å². The Morgan fingerprint density at radius 1 is 0.253 bits per heavy atom. The van der Waals surface area contributed by atoms with E-state index in [9.17, 15) is 28.8 Å². The van der Waals surface area contributed by atoms with Crippen LogP contribution in [0.1, 0.15) is 112 Å². The van der Waals surface area contributed by atoms with Crippen molar-refractivity contribution in [2.24, 2.45) is 0 Å². The molecule has 0 atom stereocenters. The zero-order valence-electron chi connectivity index (χ0n) is 42.3. The first-order chi connectivity index (χ1) is 35.8. The monoisotopic (exact) mass is 996 g/mol. The predicted octanol–water partition coefficient (Wildman–Crippen LogP) is 7.98. The molecule has 0 radical (unpaired) electrons. The number of hydrazine groups is 3. The fourth-order valence-corrected chi connectivity index (χ4v) is 8.85. The first-order valence-corrected chi connectivity index (χ1v) is 23.8. The number of rotatable bonds is 6. The number of carbonyl (C=O) groups excluding carboxylic acids is 6. The molecule has 0 aliphatic carbocycles. The van der Waals surface area contributed by atoms with E-state index in [4.69, 9.17) is 29.9 Å². The van der Waals surface area contributed by atoms with E-state index in [2.05, 4.69) is 32.6 Å². The third-order valence-electron chi connectivity index (χ3n) is 13.9. The van der Waals surface area contributed by atoms with E-state index in [1.807, 2.05) is 62.3 Å². The summed E-state index contributed by atoms with van der Waals surface area (Å²) in [5.41, 5.74) is 29.3. The lowest BCUT2D eigenvalue weighted by Crippen LogP contribution is -2.41. The first kappa shape index (κ1) is 48.8. The molecule has 75 heavy (non-hydrogen) atoms. The van der Waals surface area contributed by atoms with Crippen LogP contribution in [0.15, 0.2) is 91.0 Å². The van der Waals surface area contributed by atoms with E-state index >= 15 is 0 Å². The Labute approximate surface area is 428 Å². The quantitative estimate of drug-likeness (QED) is 0.0527. The largest absolute Gasteiger partial charge is 0.269 e. The van der Waals surface area contributed by atoms with Gasteiger partial charge in [-0.25, -0.2) is 29.9 Å². The van der Waals surface area contributed by atoms with Crippen LogP contribution in [0.4, 0.5) is 0 Å². The summed E-state index contributed by atoms with van der Waals surface area (Å²) in [6, 6.07) is 24.7. The Hall–Kier alpha value is -9.84. The zero-order chi connectivity index (χ0) is 53.1. The van der Waals surface area contributed by atoms with E-state index in [1.54, 1.807) is 78.9 Å². The van der Waals surface area contributed by atoms with Crippen molar-refractivity contribution < 1.29 is 28.8 Å². The summed E-state index contributed by atoms with van der Waals surface area (Å²) in [6.45, 7) is 17.4. The average molecular weight is 997 g/mol. The first-order valence-electron chi connectivity index (χ1n) is 23.8. The Bertz CT molecular complexity index is 4140. The number of carbonyl (C=O) groups is 6. The van der Waals surface area contributed by atoms with Crippen molar-refractivity contribution in [3.05, 3.63) is 174 Å². The number of amides is 6. The van der Waals surface area contributed by atoms with E-state index < -0.39 is 35.4 Å². The van der Waals surface area contributed by atoms with Gasteiger partial charge in [0, 0.05) is 33.4 Å². The molecule has 6 N–H and O–H groups in total. The smallest absolute Gasteiger partial charge is 0.267 e. The Kier molecular flexibility index (Phi) is 12.3. The third kappa shape index (κ3) is 9.20. The number of nitrogens with one attached hydrogen (secondary N) is 6. The number of hydrogen-bond donors (Lipinski definition) is 6. The molecule has 6 amide bonds. The maximum atomic E-state index is 13.5. The molecule has 0 bridgehead atoms. The molecule has 10 aromatic rings. The fourth-order valence-electron chi connectivity index (χ4n) is 8.85. The Morgan fingerprint density at radius 3 is 0.653 bits per heavy atom. The maximum absolute atomic E-state index is 13.5. The highest BCUT2D eigenvalue weighted by molar-refractivity contribution is 6.21. The lowest BCUT2D eigenvalue weighted by atomic mass is 10.0. The van der Waals surface area contributed by atoms with Crippen LogP contribution in [0.25, 0.3) is 66.2 Å². The van der Waals surface area contributed by atoms with E-state index in [-0.39, 0.29) is 38.8 Å². The van der Waals surface area contributed by atoms with Gasteiger partial charge >= 0.3 is 0 Å². The molecule has 3 heterocycles. The number of aromatic nitrogens is 6. The lowest BCUT2D eigenvalue weighted by Gasteiger charge is -2.13. The summed E-state index contributed by atoms with van der Waals surface area (Å²) in [5.74, 6) is -3.25. The van der Waals surface area contributed by atoms with Crippen LogP contribution in [0.2, 0.25) is 0 Å². The topological polar surface area (TPSA) is 252 Å². The molecule has 0 saturated carbocycles. The van der Waals surface area contributed by atoms with Gasteiger partial charge < -0.3 is 0 Å². The molecule has 372 valence electrons. The van der Waals surface area contributed by atoms with Gasteiger partial charge in [0.2, 0.25) is 0 Å². The molecule has 0 fully saturated rings. The molecule has 0 unspecified atom stereocenters. The summed E-state index contributed by atoms with van der Waals surface area (Å²) in [5, 5.41) is 0. The maximum Gasteiger partial charge on any atom is 0.269 e. The van der Waals surface area contributed by atoms with Crippen molar-refractivity contribution in [1.29, 1.82) is 0 Å². The predicted molar refractivity (Wildman–Crippen MR) is 285 cm³/mol. The molecule has 10 rings (SSSR count). The third-order valence-corrected chi connectivity index (χ3v) is 13.9. The van der Waals surface area contributed by atoms with Crippen LogP contribution in [0.5, 0.6) is 0 Å². The van der Waals surface area contributed by atoms with Gasteiger partial charge in [0.25, 0.3) is 35.4 Å². The van der Waals surface area contributed by atoms with Gasteiger partial charge in [-0.3, -0.25) is 61.3 Å². The minimum atomic E-state index is -0.606. The second-order valence-corrected chi connectivity index (χ2v) is 18.8. The van der Waals surface area contributed by atoms with Crippen LogP contribution in [0.3, 0.4) is 0 Å². The van der Waals surface area contributed by atoms with Crippen molar-refractivity contribution in [2.75, 3.05) is 0 Å². The highest BCUT2D eigenvalue weighted by Crippen LogP contribution is 2.34. The second-order valence-electron chi connectivity index (χ2n) is 18.8. The van der Waals surface area contributed by atoms with Crippen molar-refractivity contribution in [3.8, 4) is 0 Å². The number of fused-ring (bicyclic) bond motifs is 9. The summed E-state index contributed by atoms with van der Waals surface area (Å²) >= 11 is 0. The average Bonchev–Trinajstić information content (AvgIpc) is 3.41. The van der Waals surface area contributed by atoms with Crippen LogP contribution in [0, 0.1) is 62.3 Å². The molecule has 0 aliphatic heterocycles. The minimum Gasteiger partial charge on any atom is -0.267 e. The van der Waals surface area contributed by atoms with Gasteiger partial charge in [-0.15, -0.1) is 0 Å². The Balaban J connectivity index is 1.03. The standard InChI is InChI=1S/C57H48N12O6/c1-25-16-37(17-26(2)31(25)7)55(73)67-64-52(70)34-10-13-40-43(22-34)61-49-46(58-40)47-50(62-44-23-35(11-14-41(44)59-47)53(71)65-68-56(74)38-18-27(3)32(8)28(4)19-38)51-48(49)60-42-15-12-36(24-45(42)63-51)54(72)66-69-57(75)39-20-29(5)33(9)30(6)21-39/h10-24H,1-9H3,(H,64,70)(H,65,71)(H,66,72)(H,67,73)(H,68,74)(H,69,75). The van der Waals surface area contributed by atoms with Crippen molar-refractivity contribution in [2.45, 2.75) is 62.3 Å². The minimum absolute atomic E-state index is 0.168. The molecule has 18 nitrogen and oxygen atoms in total. The van der Waals surface area contributed by atoms with Gasteiger partial charge in [0.05, 0.1) is 33.1 Å². The molecular formula is C57H48N12O6. The van der Waals surface area contributed by atoms with Crippen LogP contribution in [-0.4, -0.2) is 65.3 Å². The molecule has 0 aliphatic rings. The van der Waals surface area contributed by atoms with Crippen molar-refractivity contribution in [3.63, 3.8) is 0 Å². The van der Waals surface area contributed by atoms with Gasteiger partial charge in [0.15, 0.2) is 0 Å². The molecular weight excluding hydrogens is 949 g/mol. The number of benzene rings is 7. The van der Waals surface area contributed by atoms with Gasteiger partial charge in [-0.05, 0) is 203 Å². The normalized spacial score (nSPS) is 11.3. The molecule has 0 spiro atoms. The van der Waals surface area contributed by atoms with Crippen molar-refractivity contribution in [1.82, 2.24) is 62.5 Å². The number of nitrogens with zero attached hydrogens (tertiary/aromatic N) is 6. The lowest BCUT2D eigenvalue weighted by molar-refractivity contribution is 0.0846. The summed E-state index contributed by atoms with van der Waals surface area (Å²) in [4.78, 5) is 110. The zero-order valence-corrected chi connectivity index (χ0v) is 42.3. The van der Waals surface area contributed by atoms with Crippen LogP contribution < -0.4 is 32.6 Å². The van der Waals surface area contributed by atoms with Gasteiger partial charge in [0.1, 0.15) is 33.1 Å². The summed E-state index contributed by atoms with van der Waals surface area (Å²) in [6.07, 6.45) is 0. The van der Waals surface area contributed by atoms with Crippen LogP contribution in [-0.2, 0) is 0 Å². The Morgan fingerprint density at radius 2 is 0.440 bits per heavy atom. The molecule has 18 heteroatoms. The van der Waals surface area contributed by atoms with E-state index in [0.29, 0.717) is 60.8 Å². The highest BCUT2D eigenvalue weighted by atomic mass is 16.2. The molecule has 7 aromatic carbocycles. The number of aryl methyl sites for hydroxylation is 6. The second kappa shape index (κ2) is 19.0. The summed E-state index contributed by atoms with van der Waals surface area (Å²) in [7, 11) is 0. The number of hydrogen-bond acceptors (Lipinski definition) is 12. The van der Waals surface area contributed by atoms with Gasteiger partial charge in [-0.2, -0.15) is 0 Å². The summed E-state index contributed by atoms with van der Waals surface area (Å²) < 4.78 is 0. The van der Waals surface area contributed by atoms with E-state index in [1.165, 1.54) is 12.1 Å². The SMILES string of the molecule is Cc1cc(C(=O)NNC(=O)c2ccc3nc4c5nc6ccc(C(=O)NNC(=O)c7cc(C)c(C)c(C)c7)cc6nc5c5nc6cc(C(=O)NNC(=O)c7cc(C)c(C)c(C)c7)ccc6nc5c4nc3c2)cc(C)c1C. The molecule has 0 saturated heterocycles. The van der Waals surface area contributed by atoms with Gasteiger partial charge in [-0.1, -0.05) is 0 Å². The fraction of sp³-hybridized carbons (Fsp3) is 0.158. The molecule has 3 aromatic heterocycles. The van der Waals surface area contributed by atoms with Crippen molar-refractivity contribution >= 4 is 102 Å².